The lowest BCUT2D eigenvalue weighted by molar-refractivity contribution is -0.0135. The fourth-order valence-electron chi connectivity index (χ4n) is 2.72. The number of hydrogen-bond donors (Lipinski definition) is 1. The number of carbonyl (C=O) groups is 1. The number of benzene rings is 2. The van der Waals surface area contributed by atoms with Crippen LogP contribution in [0, 0.1) is 18.3 Å². The van der Waals surface area contributed by atoms with Crippen molar-refractivity contribution in [3.63, 3.8) is 0 Å². The van der Waals surface area contributed by atoms with Crippen molar-refractivity contribution in [2.45, 2.75) is 13.0 Å². The van der Waals surface area contributed by atoms with Crippen LogP contribution in [-0.2, 0) is 4.74 Å². The van der Waals surface area contributed by atoms with Crippen molar-refractivity contribution in [3.05, 3.63) is 65.2 Å². The Morgan fingerprint density at radius 1 is 1.29 bits per heavy atom. The van der Waals surface area contributed by atoms with Gasteiger partial charge < -0.3 is 15.0 Å². The van der Waals surface area contributed by atoms with Gasteiger partial charge in [-0.1, -0.05) is 36.4 Å². The number of aryl methyl sites for hydroxylation is 1. The van der Waals surface area contributed by atoms with E-state index in [4.69, 9.17) is 10.00 Å². The van der Waals surface area contributed by atoms with Gasteiger partial charge in [0, 0.05) is 12.2 Å². The Hall–Kier alpha value is -2.84. The van der Waals surface area contributed by atoms with Gasteiger partial charge in [-0.25, -0.2) is 4.79 Å². The fourth-order valence-corrected chi connectivity index (χ4v) is 2.72. The first-order chi connectivity index (χ1) is 11.7. The zero-order valence-electron chi connectivity index (χ0n) is 13.5. The quantitative estimate of drug-likeness (QED) is 0.921. The number of carbonyl (C=O) groups excluding carboxylic acids is 1. The van der Waals surface area contributed by atoms with Crippen LogP contribution in [0.5, 0.6) is 0 Å². The lowest BCUT2D eigenvalue weighted by Gasteiger charge is -2.33. The average Bonchev–Trinajstić information content (AvgIpc) is 2.64. The van der Waals surface area contributed by atoms with E-state index in [9.17, 15) is 4.79 Å². The standard InChI is InChI=1S/C19H19N3O2/c1-14-7-8-15(12-20)11-17(14)21-19(23)22-9-10-24-18(13-22)16-5-3-2-4-6-16/h2-8,11,18H,9-10,13H2,1H3,(H,21,23)/t18-/m0/s1. The third-order valence-electron chi connectivity index (χ3n) is 4.13. The summed E-state index contributed by atoms with van der Waals surface area (Å²) in [5, 5.41) is 11.9. The zero-order valence-corrected chi connectivity index (χ0v) is 13.5. The molecular formula is C19H19N3O2. The average molecular weight is 321 g/mol. The molecule has 1 aliphatic rings. The summed E-state index contributed by atoms with van der Waals surface area (Å²) in [7, 11) is 0. The summed E-state index contributed by atoms with van der Waals surface area (Å²) in [6, 6.07) is 17.1. The van der Waals surface area contributed by atoms with Crippen molar-refractivity contribution in [2.75, 3.05) is 25.0 Å². The maximum Gasteiger partial charge on any atom is 0.322 e. The molecule has 5 nitrogen and oxygen atoms in total. The number of nitrogens with one attached hydrogen (secondary N) is 1. The zero-order chi connectivity index (χ0) is 16.9. The Balaban J connectivity index is 1.70. The molecule has 0 spiro atoms. The molecule has 2 aromatic carbocycles. The topological polar surface area (TPSA) is 65.4 Å². The van der Waals surface area contributed by atoms with E-state index in [0.717, 1.165) is 11.1 Å². The molecule has 0 unspecified atom stereocenters. The van der Waals surface area contributed by atoms with E-state index in [0.29, 0.717) is 30.9 Å². The Morgan fingerprint density at radius 3 is 2.83 bits per heavy atom. The van der Waals surface area contributed by atoms with Gasteiger partial charge in [-0.15, -0.1) is 0 Å². The first-order valence-electron chi connectivity index (χ1n) is 7.90. The number of morpholine rings is 1. The van der Waals surface area contributed by atoms with Crippen LogP contribution in [0.2, 0.25) is 0 Å². The van der Waals surface area contributed by atoms with Gasteiger partial charge in [0.25, 0.3) is 0 Å². The van der Waals surface area contributed by atoms with E-state index >= 15 is 0 Å². The van der Waals surface area contributed by atoms with Crippen LogP contribution in [0.1, 0.15) is 22.8 Å². The number of hydrogen-bond acceptors (Lipinski definition) is 3. The molecule has 0 bridgehead atoms. The number of nitrogens with zero attached hydrogens (tertiary/aromatic N) is 2. The molecule has 5 heteroatoms. The molecule has 2 aromatic rings. The third kappa shape index (κ3) is 3.55. The molecule has 1 fully saturated rings. The number of rotatable bonds is 2. The second kappa shape index (κ2) is 7.16. The van der Waals surface area contributed by atoms with E-state index in [1.54, 1.807) is 17.0 Å². The lowest BCUT2D eigenvalue weighted by atomic mass is 10.1. The fraction of sp³-hybridized carbons (Fsp3) is 0.263. The monoisotopic (exact) mass is 321 g/mol. The van der Waals surface area contributed by atoms with Crippen molar-refractivity contribution in [1.82, 2.24) is 4.90 Å². The van der Waals surface area contributed by atoms with Crippen molar-refractivity contribution in [3.8, 4) is 6.07 Å². The first-order valence-corrected chi connectivity index (χ1v) is 7.90. The number of anilines is 1. The van der Waals surface area contributed by atoms with Gasteiger partial charge in [0.05, 0.1) is 24.8 Å². The van der Waals surface area contributed by atoms with Gasteiger partial charge in [-0.2, -0.15) is 5.26 Å². The molecule has 1 saturated heterocycles. The lowest BCUT2D eigenvalue weighted by Crippen LogP contribution is -2.44. The summed E-state index contributed by atoms with van der Waals surface area (Å²) >= 11 is 0. The molecule has 1 N–H and O–H groups in total. The van der Waals surface area contributed by atoms with Crippen molar-refractivity contribution < 1.29 is 9.53 Å². The van der Waals surface area contributed by atoms with Gasteiger partial charge in [0.1, 0.15) is 6.10 Å². The van der Waals surface area contributed by atoms with Crippen LogP contribution in [0.15, 0.2) is 48.5 Å². The van der Waals surface area contributed by atoms with Gasteiger partial charge in [-0.3, -0.25) is 0 Å². The maximum atomic E-state index is 12.6. The van der Waals surface area contributed by atoms with Crippen molar-refractivity contribution in [2.24, 2.45) is 0 Å². The summed E-state index contributed by atoms with van der Waals surface area (Å²) in [5.74, 6) is 0. The first kappa shape index (κ1) is 16.0. The molecule has 0 aromatic heterocycles. The van der Waals surface area contributed by atoms with E-state index < -0.39 is 0 Å². The second-order valence-corrected chi connectivity index (χ2v) is 5.79. The smallest absolute Gasteiger partial charge is 0.322 e. The molecule has 3 rings (SSSR count). The van der Waals surface area contributed by atoms with E-state index in [-0.39, 0.29) is 12.1 Å². The van der Waals surface area contributed by atoms with Gasteiger partial charge in [0.15, 0.2) is 0 Å². The minimum atomic E-state index is -0.169. The van der Waals surface area contributed by atoms with Crippen molar-refractivity contribution >= 4 is 11.7 Å². The Bertz CT molecular complexity index is 768. The molecule has 2 amide bonds. The van der Waals surface area contributed by atoms with Gasteiger partial charge in [0.2, 0.25) is 0 Å². The molecule has 0 saturated carbocycles. The van der Waals surface area contributed by atoms with Gasteiger partial charge >= 0.3 is 6.03 Å². The Labute approximate surface area is 141 Å². The highest BCUT2D eigenvalue weighted by Crippen LogP contribution is 2.23. The number of nitriles is 1. The summed E-state index contributed by atoms with van der Waals surface area (Å²) in [6.45, 7) is 3.46. The minimum Gasteiger partial charge on any atom is -0.370 e. The summed E-state index contributed by atoms with van der Waals surface area (Å²) in [6.07, 6.45) is -0.114. The van der Waals surface area contributed by atoms with E-state index in [2.05, 4.69) is 11.4 Å². The van der Waals surface area contributed by atoms with Crippen LogP contribution < -0.4 is 5.32 Å². The predicted octanol–water partition coefficient (Wildman–Crippen LogP) is 3.47. The number of urea groups is 1. The molecule has 24 heavy (non-hydrogen) atoms. The van der Waals surface area contributed by atoms with Crippen LogP contribution in [0.3, 0.4) is 0 Å². The molecule has 1 atom stereocenters. The SMILES string of the molecule is Cc1ccc(C#N)cc1NC(=O)N1CCO[C@H](c2ccccc2)C1. The highest BCUT2D eigenvalue weighted by molar-refractivity contribution is 5.90. The Morgan fingerprint density at radius 2 is 2.08 bits per heavy atom. The largest absolute Gasteiger partial charge is 0.370 e. The van der Waals surface area contributed by atoms with Crippen LogP contribution >= 0.6 is 0 Å². The summed E-state index contributed by atoms with van der Waals surface area (Å²) in [5.41, 5.74) is 3.19. The third-order valence-corrected chi connectivity index (χ3v) is 4.13. The highest BCUT2D eigenvalue weighted by atomic mass is 16.5. The minimum absolute atomic E-state index is 0.114. The maximum absolute atomic E-state index is 12.6. The van der Waals surface area contributed by atoms with E-state index in [1.165, 1.54) is 0 Å². The second-order valence-electron chi connectivity index (χ2n) is 5.79. The summed E-state index contributed by atoms with van der Waals surface area (Å²) in [4.78, 5) is 14.3. The molecule has 122 valence electrons. The molecular weight excluding hydrogens is 302 g/mol. The highest BCUT2D eigenvalue weighted by Gasteiger charge is 2.25. The van der Waals surface area contributed by atoms with Crippen LogP contribution in [0.25, 0.3) is 0 Å². The van der Waals surface area contributed by atoms with Gasteiger partial charge in [-0.05, 0) is 30.2 Å². The number of ether oxygens (including phenoxy) is 1. The van der Waals surface area contributed by atoms with Crippen LogP contribution in [0.4, 0.5) is 10.5 Å². The van der Waals surface area contributed by atoms with Crippen molar-refractivity contribution in [1.29, 1.82) is 5.26 Å². The molecule has 0 radical (unpaired) electrons. The van der Waals surface area contributed by atoms with Crippen LogP contribution in [-0.4, -0.2) is 30.6 Å². The molecule has 1 heterocycles. The summed E-state index contributed by atoms with van der Waals surface area (Å²) < 4.78 is 5.79. The molecule has 1 aliphatic heterocycles. The number of amides is 2. The normalized spacial score (nSPS) is 17.2. The molecule has 0 aliphatic carbocycles. The van der Waals surface area contributed by atoms with E-state index in [1.807, 2.05) is 43.3 Å². The Kier molecular flexibility index (Phi) is 4.78. The predicted molar refractivity (Wildman–Crippen MR) is 91.6 cm³/mol.